The first-order valence-corrected chi connectivity index (χ1v) is 19.9. The van der Waals surface area contributed by atoms with Gasteiger partial charge in [0.1, 0.15) is 0 Å². The van der Waals surface area contributed by atoms with E-state index in [1.807, 2.05) is 0 Å². The van der Waals surface area contributed by atoms with Crippen LogP contribution in [0.3, 0.4) is 0 Å². The molecule has 0 unspecified atom stereocenters. The summed E-state index contributed by atoms with van der Waals surface area (Å²) in [7, 11) is 0. The smallest absolute Gasteiger partial charge is 0.0540 e. The molecule has 0 aliphatic carbocycles. The molecule has 0 atom stereocenters. The summed E-state index contributed by atoms with van der Waals surface area (Å²) in [6.45, 7) is 0. The molecular formula is C56H40N2. The fourth-order valence-electron chi connectivity index (χ4n) is 8.50. The lowest BCUT2D eigenvalue weighted by molar-refractivity contribution is 1.30. The zero-order valence-corrected chi connectivity index (χ0v) is 32.0. The van der Waals surface area contributed by atoms with Crippen LogP contribution < -0.4 is 9.80 Å². The van der Waals surface area contributed by atoms with Gasteiger partial charge in [-0.05, 0) is 105 Å². The fraction of sp³-hybridized carbons (Fsp3) is 0. The molecule has 0 saturated carbocycles. The Kier molecular flexibility index (Phi) is 9.27. The summed E-state index contributed by atoms with van der Waals surface area (Å²) in [5.41, 5.74) is 13.9. The van der Waals surface area contributed by atoms with Gasteiger partial charge in [0.25, 0.3) is 0 Å². The Morgan fingerprint density at radius 1 is 0.207 bits per heavy atom. The summed E-state index contributed by atoms with van der Waals surface area (Å²) < 4.78 is 0. The van der Waals surface area contributed by atoms with Gasteiger partial charge in [0.15, 0.2) is 0 Å². The van der Waals surface area contributed by atoms with Gasteiger partial charge in [0.05, 0.1) is 11.4 Å². The minimum atomic E-state index is 1.11. The van der Waals surface area contributed by atoms with Crippen LogP contribution in [-0.2, 0) is 0 Å². The molecule has 0 aliphatic heterocycles. The van der Waals surface area contributed by atoms with Crippen LogP contribution in [-0.4, -0.2) is 0 Å². The van der Waals surface area contributed by atoms with E-state index in [-0.39, 0.29) is 0 Å². The second-order valence-electron chi connectivity index (χ2n) is 14.5. The lowest BCUT2D eigenvalue weighted by Crippen LogP contribution is -2.10. The van der Waals surface area contributed by atoms with Crippen LogP contribution in [0.2, 0.25) is 0 Å². The van der Waals surface area contributed by atoms with Crippen LogP contribution in [0.1, 0.15) is 0 Å². The van der Waals surface area contributed by atoms with Crippen molar-refractivity contribution >= 4 is 55.7 Å². The van der Waals surface area contributed by atoms with Crippen LogP contribution in [0, 0.1) is 0 Å². The zero-order chi connectivity index (χ0) is 38.7. The predicted molar refractivity (Wildman–Crippen MR) is 247 cm³/mol. The quantitative estimate of drug-likeness (QED) is 0.145. The van der Waals surface area contributed by atoms with E-state index < -0.39 is 0 Å². The molecule has 10 aromatic rings. The Balaban J connectivity index is 1.23. The highest BCUT2D eigenvalue weighted by Crippen LogP contribution is 2.49. The normalized spacial score (nSPS) is 11.1. The predicted octanol–water partition coefficient (Wildman–Crippen LogP) is 15.9. The Bertz CT molecular complexity index is 2900. The molecule has 2 nitrogen and oxygen atoms in total. The summed E-state index contributed by atoms with van der Waals surface area (Å²) in [6.07, 6.45) is 0. The van der Waals surface area contributed by atoms with Gasteiger partial charge < -0.3 is 9.80 Å². The number of anilines is 6. The minimum absolute atomic E-state index is 1.11. The monoisotopic (exact) mass is 740 g/mol. The molecule has 0 aliphatic rings. The number of benzene rings is 10. The molecule has 0 amide bonds. The minimum Gasteiger partial charge on any atom is -0.310 e. The molecule has 2 heteroatoms. The molecule has 274 valence electrons. The largest absolute Gasteiger partial charge is 0.310 e. The number of fused-ring (bicyclic) bond motifs is 2. The summed E-state index contributed by atoms with van der Waals surface area (Å²) in [5, 5.41) is 4.76. The zero-order valence-electron chi connectivity index (χ0n) is 32.0. The van der Waals surface area contributed by atoms with Crippen molar-refractivity contribution in [3.8, 4) is 33.4 Å². The molecule has 0 aromatic heterocycles. The van der Waals surface area contributed by atoms with Crippen LogP contribution in [0.4, 0.5) is 34.1 Å². The van der Waals surface area contributed by atoms with Crippen LogP contribution in [0.15, 0.2) is 243 Å². The fourth-order valence-corrected chi connectivity index (χ4v) is 8.50. The molecule has 0 radical (unpaired) electrons. The van der Waals surface area contributed by atoms with Gasteiger partial charge in [-0.15, -0.1) is 0 Å². The maximum atomic E-state index is 2.37. The Hall–Kier alpha value is -7.68. The number of hydrogen-bond acceptors (Lipinski definition) is 2. The van der Waals surface area contributed by atoms with Crippen molar-refractivity contribution in [2.45, 2.75) is 0 Å². The standard InChI is InChI=1S/C56H40N2/c1-6-21-41(22-7-1)46-35-20-36-52(49-37-39-54(50-33-18-16-31-47(49)50)57(42-23-8-2-9-24-42)43-25-10-3-11-26-43)56(46)53-38-40-55(51-34-19-17-32-48(51)53)58(44-27-12-4-13-28-44)45-29-14-5-15-30-45/h1-40H. The summed E-state index contributed by atoms with van der Waals surface area (Å²) in [6, 6.07) is 87.3. The lowest BCUT2D eigenvalue weighted by Gasteiger charge is -2.28. The van der Waals surface area contributed by atoms with Gasteiger partial charge in [-0.2, -0.15) is 0 Å². The van der Waals surface area contributed by atoms with Crippen LogP contribution >= 0.6 is 0 Å². The van der Waals surface area contributed by atoms with E-state index >= 15 is 0 Å². The molecule has 0 N–H and O–H groups in total. The number of nitrogens with zero attached hydrogens (tertiary/aromatic N) is 2. The second kappa shape index (κ2) is 15.5. The van der Waals surface area contributed by atoms with Crippen molar-refractivity contribution < 1.29 is 0 Å². The van der Waals surface area contributed by atoms with E-state index in [2.05, 4.69) is 252 Å². The maximum Gasteiger partial charge on any atom is 0.0540 e. The Labute approximate surface area is 340 Å². The topological polar surface area (TPSA) is 6.48 Å². The van der Waals surface area contributed by atoms with E-state index in [4.69, 9.17) is 0 Å². The SMILES string of the molecule is c1ccc(-c2cccc(-c3ccc(N(c4ccccc4)c4ccccc4)c4ccccc34)c2-c2ccc(N(c3ccccc3)c3ccccc3)c3ccccc23)cc1. The van der Waals surface area contributed by atoms with Crippen molar-refractivity contribution in [1.82, 2.24) is 0 Å². The second-order valence-corrected chi connectivity index (χ2v) is 14.5. The Morgan fingerprint density at radius 2 is 0.552 bits per heavy atom. The van der Waals surface area contributed by atoms with Gasteiger partial charge in [0, 0.05) is 33.5 Å². The van der Waals surface area contributed by atoms with Crippen molar-refractivity contribution in [1.29, 1.82) is 0 Å². The molecule has 10 rings (SSSR count). The highest BCUT2D eigenvalue weighted by Gasteiger charge is 2.23. The number of para-hydroxylation sites is 4. The van der Waals surface area contributed by atoms with Gasteiger partial charge in [-0.1, -0.05) is 182 Å². The molecule has 10 aromatic carbocycles. The highest BCUT2D eigenvalue weighted by atomic mass is 15.1. The van der Waals surface area contributed by atoms with E-state index in [0.717, 1.165) is 34.1 Å². The third-order valence-corrected chi connectivity index (χ3v) is 11.1. The van der Waals surface area contributed by atoms with Gasteiger partial charge in [0.2, 0.25) is 0 Å². The number of rotatable bonds is 9. The first-order chi connectivity index (χ1) is 28.8. The van der Waals surface area contributed by atoms with Crippen molar-refractivity contribution in [2.24, 2.45) is 0 Å². The average Bonchev–Trinajstić information content (AvgIpc) is 3.31. The number of hydrogen-bond donors (Lipinski definition) is 0. The summed E-state index contributed by atoms with van der Waals surface area (Å²) in [4.78, 5) is 4.73. The maximum absolute atomic E-state index is 2.37. The molecule has 0 spiro atoms. The van der Waals surface area contributed by atoms with E-state index in [0.29, 0.717) is 0 Å². The first kappa shape index (κ1) is 34.8. The molecule has 0 fully saturated rings. The molecule has 58 heavy (non-hydrogen) atoms. The summed E-state index contributed by atoms with van der Waals surface area (Å²) in [5.74, 6) is 0. The first-order valence-electron chi connectivity index (χ1n) is 19.9. The van der Waals surface area contributed by atoms with Crippen molar-refractivity contribution in [3.05, 3.63) is 243 Å². The average molecular weight is 741 g/mol. The third kappa shape index (κ3) is 6.37. The van der Waals surface area contributed by atoms with Gasteiger partial charge in [-0.3, -0.25) is 0 Å². The molecule has 0 bridgehead atoms. The van der Waals surface area contributed by atoms with Crippen molar-refractivity contribution in [3.63, 3.8) is 0 Å². The molecule has 0 heterocycles. The third-order valence-electron chi connectivity index (χ3n) is 11.1. The van der Waals surface area contributed by atoms with Gasteiger partial charge in [-0.25, -0.2) is 0 Å². The van der Waals surface area contributed by atoms with E-state index in [1.54, 1.807) is 0 Å². The highest BCUT2D eigenvalue weighted by molar-refractivity contribution is 6.14. The molecular weight excluding hydrogens is 701 g/mol. The van der Waals surface area contributed by atoms with E-state index in [9.17, 15) is 0 Å². The van der Waals surface area contributed by atoms with E-state index in [1.165, 1.54) is 54.9 Å². The van der Waals surface area contributed by atoms with Crippen LogP contribution in [0.25, 0.3) is 54.9 Å². The molecule has 0 saturated heterocycles. The lowest BCUT2D eigenvalue weighted by atomic mass is 9.84. The Morgan fingerprint density at radius 3 is 1.00 bits per heavy atom. The van der Waals surface area contributed by atoms with Gasteiger partial charge >= 0.3 is 0 Å². The summed E-state index contributed by atoms with van der Waals surface area (Å²) >= 11 is 0. The van der Waals surface area contributed by atoms with Crippen LogP contribution in [0.5, 0.6) is 0 Å². The van der Waals surface area contributed by atoms with Crippen molar-refractivity contribution in [2.75, 3.05) is 9.80 Å².